The van der Waals surface area contributed by atoms with E-state index in [0.29, 0.717) is 0 Å². The summed E-state index contributed by atoms with van der Waals surface area (Å²) < 4.78 is 0. The van der Waals surface area contributed by atoms with Crippen LogP contribution in [0.4, 0.5) is 0 Å². The van der Waals surface area contributed by atoms with Gasteiger partial charge in [0.25, 0.3) is 0 Å². The van der Waals surface area contributed by atoms with E-state index in [1.807, 2.05) is 13.8 Å². The van der Waals surface area contributed by atoms with E-state index in [-0.39, 0.29) is 0 Å². The number of nitrogens with zero attached hydrogens (tertiary/aromatic N) is 2. The fraction of sp³-hybridized carbons (Fsp3) is 0.667. The molecule has 0 fully saturated rings. The molecule has 0 heterocycles. The van der Waals surface area contributed by atoms with E-state index in [2.05, 4.69) is 9.98 Å². The van der Waals surface area contributed by atoms with Crippen LogP contribution in [0.5, 0.6) is 0 Å². The van der Waals surface area contributed by atoms with E-state index < -0.39 is 0 Å². The molecule has 2 heteroatoms. The molecule has 2 nitrogen and oxygen atoms in total. The highest BCUT2D eigenvalue weighted by Gasteiger charge is 1.71. The summed E-state index contributed by atoms with van der Waals surface area (Å²) in [6, 6.07) is 0. The van der Waals surface area contributed by atoms with Crippen LogP contribution in [0.3, 0.4) is 0 Å². The van der Waals surface area contributed by atoms with Gasteiger partial charge < -0.3 is 0 Å². The van der Waals surface area contributed by atoms with Crippen molar-refractivity contribution in [3.05, 3.63) is 0 Å². The predicted molar refractivity (Wildman–Crippen MR) is 38.1 cm³/mol. The second-order valence-corrected chi connectivity index (χ2v) is 1.33. The minimum Gasteiger partial charge on any atom is -0.296 e. The molecule has 0 aliphatic rings. The first-order chi connectivity index (χ1) is 3.91. The Balaban J connectivity index is 2.93. The summed E-state index contributed by atoms with van der Waals surface area (Å²) in [5.74, 6) is 0. The van der Waals surface area contributed by atoms with Gasteiger partial charge in [0.1, 0.15) is 0 Å². The molecule has 0 atom stereocenters. The molecule has 0 amide bonds. The van der Waals surface area contributed by atoms with Gasteiger partial charge in [-0.3, -0.25) is 9.98 Å². The number of hydrogen-bond acceptors (Lipinski definition) is 2. The number of aliphatic imine (C=N–C) groups is 2. The van der Waals surface area contributed by atoms with Crippen LogP contribution in [0, 0.1) is 0 Å². The minimum absolute atomic E-state index is 0.820. The maximum absolute atomic E-state index is 3.97. The molecule has 0 aromatic rings. The predicted octanol–water partition coefficient (Wildman–Crippen LogP) is 1.17. The monoisotopic (exact) mass is 112 g/mol. The Hall–Kier alpha value is -0.660. The molecule has 0 rings (SSSR count). The lowest BCUT2D eigenvalue weighted by Gasteiger charge is -1.82. The molecule has 0 saturated heterocycles. The highest BCUT2D eigenvalue weighted by molar-refractivity contribution is 5.54. The summed E-state index contributed by atoms with van der Waals surface area (Å²) in [4.78, 5) is 7.94. The molecule has 46 valence electrons. The third-order valence-electron chi connectivity index (χ3n) is 0.723. The summed E-state index contributed by atoms with van der Waals surface area (Å²) in [5, 5.41) is 0. The molecular formula is C6H12N2. The molecular weight excluding hydrogens is 100 g/mol. The average molecular weight is 112 g/mol. The molecule has 0 aromatic heterocycles. The zero-order chi connectivity index (χ0) is 6.24. The SMILES string of the molecule is C/C=N\CC/N=C\C. The molecule has 0 saturated carbocycles. The fourth-order valence-corrected chi connectivity index (χ4v) is 0.374. The van der Waals surface area contributed by atoms with Crippen molar-refractivity contribution in [3.63, 3.8) is 0 Å². The zero-order valence-electron chi connectivity index (χ0n) is 5.46. The maximum Gasteiger partial charge on any atom is 0.0581 e. The largest absolute Gasteiger partial charge is 0.296 e. The Morgan fingerprint density at radius 3 is 1.62 bits per heavy atom. The normalized spacial score (nSPS) is 11.8. The van der Waals surface area contributed by atoms with Crippen molar-refractivity contribution < 1.29 is 0 Å². The molecule has 0 unspecified atom stereocenters. The highest BCUT2D eigenvalue weighted by atomic mass is 14.8. The molecule has 0 aromatic carbocycles. The van der Waals surface area contributed by atoms with E-state index in [1.165, 1.54) is 0 Å². The number of rotatable bonds is 3. The summed E-state index contributed by atoms with van der Waals surface area (Å²) in [7, 11) is 0. The molecule has 0 N–H and O–H groups in total. The second kappa shape index (κ2) is 6.34. The molecule has 0 radical (unpaired) electrons. The third kappa shape index (κ3) is 5.34. The molecule has 8 heavy (non-hydrogen) atoms. The van der Waals surface area contributed by atoms with E-state index >= 15 is 0 Å². The van der Waals surface area contributed by atoms with Gasteiger partial charge in [0.15, 0.2) is 0 Å². The lowest BCUT2D eigenvalue weighted by atomic mass is 10.6. The fourth-order valence-electron chi connectivity index (χ4n) is 0.374. The van der Waals surface area contributed by atoms with Crippen molar-refractivity contribution in [2.75, 3.05) is 13.1 Å². The first kappa shape index (κ1) is 7.34. The van der Waals surface area contributed by atoms with E-state index in [1.54, 1.807) is 12.4 Å². The Bertz CT molecular complexity index is 72.5. The van der Waals surface area contributed by atoms with Crippen LogP contribution in [-0.4, -0.2) is 25.5 Å². The molecule has 0 aliphatic heterocycles. The first-order valence-corrected chi connectivity index (χ1v) is 2.80. The van der Waals surface area contributed by atoms with Crippen LogP contribution in [0.2, 0.25) is 0 Å². The topological polar surface area (TPSA) is 24.7 Å². The van der Waals surface area contributed by atoms with Crippen molar-refractivity contribution in [2.24, 2.45) is 9.98 Å². The first-order valence-electron chi connectivity index (χ1n) is 2.80. The summed E-state index contributed by atoms with van der Waals surface area (Å²) in [6.45, 7) is 5.47. The van der Waals surface area contributed by atoms with Crippen molar-refractivity contribution >= 4 is 12.4 Å². The quantitative estimate of drug-likeness (QED) is 0.387. The van der Waals surface area contributed by atoms with Gasteiger partial charge in [-0.25, -0.2) is 0 Å². The van der Waals surface area contributed by atoms with E-state index in [9.17, 15) is 0 Å². The minimum atomic E-state index is 0.820. The van der Waals surface area contributed by atoms with Gasteiger partial charge in [-0.2, -0.15) is 0 Å². The van der Waals surface area contributed by atoms with Crippen molar-refractivity contribution in [1.82, 2.24) is 0 Å². The number of hydrogen-bond donors (Lipinski definition) is 0. The van der Waals surface area contributed by atoms with Crippen LogP contribution >= 0.6 is 0 Å². The molecule has 0 aliphatic carbocycles. The zero-order valence-corrected chi connectivity index (χ0v) is 5.46. The van der Waals surface area contributed by atoms with Crippen LogP contribution in [0.1, 0.15) is 13.8 Å². The van der Waals surface area contributed by atoms with Crippen LogP contribution in [0.25, 0.3) is 0 Å². The van der Waals surface area contributed by atoms with Crippen molar-refractivity contribution in [1.29, 1.82) is 0 Å². The summed E-state index contributed by atoms with van der Waals surface area (Å²) in [5.41, 5.74) is 0. The van der Waals surface area contributed by atoms with Gasteiger partial charge in [-0.05, 0) is 26.3 Å². The molecule has 0 spiro atoms. The van der Waals surface area contributed by atoms with Gasteiger partial charge >= 0.3 is 0 Å². The maximum atomic E-state index is 3.97. The lowest BCUT2D eigenvalue weighted by Crippen LogP contribution is -1.84. The smallest absolute Gasteiger partial charge is 0.0581 e. The van der Waals surface area contributed by atoms with Crippen LogP contribution in [0.15, 0.2) is 9.98 Å². The highest BCUT2D eigenvalue weighted by Crippen LogP contribution is 1.69. The average Bonchev–Trinajstić information content (AvgIpc) is 1.81. The van der Waals surface area contributed by atoms with Crippen LogP contribution in [-0.2, 0) is 0 Å². The Kier molecular flexibility index (Phi) is 5.82. The lowest BCUT2D eigenvalue weighted by molar-refractivity contribution is 0.983. The van der Waals surface area contributed by atoms with E-state index in [0.717, 1.165) is 13.1 Å². The Labute approximate surface area is 50.4 Å². The van der Waals surface area contributed by atoms with Gasteiger partial charge in [0.05, 0.1) is 13.1 Å². The summed E-state index contributed by atoms with van der Waals surface area (Å²) in [6.07, 6.45) is 3.59. The van der Waals surface area contributed by atoms with Gasteiger partial charge in [-0.1, -0.05) is 0 Å². The summed E-state index contributed by atoms with van der Waals surface area (Å²) >= 11 is 0. The third-order valence-corrected chi connectivity index (χ3v) is 0.723. The molecule has 0 bridgehead atoms. The Morgan fingerprint density at radius 1 is 1.00 bits per heavy atom. The second-order valence-electron chi connectivity index (χ2n) is 1.33. The Morgan fingerprint density at radius 2 is 1.38 bits per heavy atom. The van der Waals surface area contributed by atoms with Crippen molar-refractivity contribution in [3.8, 4) is 0 Å². The standard InChI is InChI=1S/C6H12N2/c1-3-7-5-6-8-4-2/h3-4H,5-6H2,1-2H3/b7-3-,8-4-. The van der Waals surface area contributed by atoms with E-state index in [4.69, 9.17) is 0 Å². The van der Waals surface area contributed by atoms with Gasteiger partial charge in [-0.15, -0.1) is 0 Å². The van der Waals surface area contributed by atoms with Gasteiger partial charge in [0.2, 0.25) is 0 Å². The van der Waals surface area contributed by atoms with Crippen LogP contribution < -0.4 is 0 Å². The van der Waals surface area contributed by atoms with Gasteiger partial charge in [0, 0.05) is 0 Å². The van der Waals surface area contributed by atoms with Crippen molar-refractivity contribution in [2.45, 2.75) is 13.8 Å².